The van der Waals surface area contributed by atoms with Crippen LogP contribution in [0, 0.1) is 5.92 Å². The fraction of sp³-hybridized carbons (Fsp3) is 0.474. The molecule has 2 atom stereocenters. The Morgan fingerprint density at radius 3 is 2.76 bits per heavy atom. The van der Waals surface area contributed by atoms with Crippen molar-refractivity contribution in [2.45, 2.75) is 40.2 Å². The van der Waals surface area contributed by atoms with Crippen LogP contribution in [0.2, 0.25) is 0 Å². The van der Waals surface area contributed by atoms with Crippen molar-refractivity contribution >= 4 is 5.57 Å². The average molecular weight is 285 g/mol. The first-order valence-electron chi connectivity index (χ1n) is 8.03. The summed E-state index contributed by atoms with van der Waals surface area (Å²) in [6.45, 7) is 10.6. The molecule has 1 aliphatic rings. The van der Waals surface area contributed by atoms with Crippen LogP contribution in [0.4, 0.5) is 0 Å². The number of para-hydroxylation sites is 1. The lowest BCUT2D eigenvalue weighted by molar-refractivity contribution is 0.228. The Hall–Kier alpha value is -1.54. The molecule has 0 radical (unpaired) electrons. The van der Waals surface area contributed by atoms with E-state index in [1.165, 1.54) is 23.1 Å². The van der Waals surface area contributed by atoms with Crippen molar-refractivity contribution in [1.82, 2.24) is 5.32 Å². The van der Waals surface area contributed by atoms with Crippen LogP contribution in [0.3, 0.4) is 0 Å². The zero-order chi connectivity index (χ0) is 15.2. The number of allylic oxidation sites excluding steroid dienone is 3. The van der Waals surface area contributed by atoms with Crippen LogP contribution in [0.1, 0.15) is 39.7 Å². The maximum absolute atomic E-state index is 6.16. The molecular weight excluding hydrogens is 258 g/mol. The number of ether oxygens (including phenoxy) is 1. The van der Waals surface area contributed by atoms with Crippen LogP contribution in [0.15, 0.2) is 42.0 Å². The Balaban J connectivity index is 2.35. The summed E-state index contributed by atoms with van der Waals surface area (Å²) in [4.78, 5) is 0. The molecule has 0 aromatic heterocycles. The van der Waals surface area contributed by atoms with Gasteiger partial charge in [-0.3, -0.25) is 0 Å². The van der Waals surface area contributed by atoms with Gasteiger partial charge in [-0.05, 0) is 36.6 Å². The first-order valence-corrected chi connectivity index (χ1v) is 8.03. The number of hydrogen-bond donors (Lipinski definition) is 1. The molecule has 0 fully saturated rings. The van der Waals surface area contributed by atoms with Gasteiger partial charge in [-0.25, -0.2) is 0 Å². The monoisotopic (exact) mass is 285 g/mol. The molecule has 0 amide bonds. The minimum absolute atomic E-state index is 0.122. The molecule has 0 aliphatic carbocycles. The highest BCUT2D eigenvalue weighted by Gasteiger charge is 2.24. The molecule has 1 N–H and O–H groups in total. The van der Waals surface area contributed by atoms with E-state index in [-0.39, 0.29) is 6.10 Å². The summed E-state index contributed by atoms with van der Waals surface area (Å²) < 4.78 is 6.16. The minimum Gasteiger partial charge on any atom is -0.484 e. The SMILES string of the molecule is CCNCC1Oc2ccccc2C(/C=C\C(C)CC)=C1C. The molecule has 1 heterocycles. The normalized spacial score (nSPS) is 19.5. The fourth-order valence-electron chi connectivity index (χ4n) is 2.51. The third-order valence-electron chi connectivity index (χ3n) is 4.17. The van der Waals surface area contributed by atoms with Gasteiger partial charge in [0.15, 0.2) is 0 Å². The third-order valence-corrected chi connectivity index (χ3v) is 4.17. The molecule has 0 bridgehead atoms. The molecule has 0 spiro atoms. The van der Waals surface area contributed by atoms with Gasteiger partial charge in [0.25, 0.3) is 0 Å². The summed E-state index contributed by atoms with van der Waals surface area (Å²) in [5.74, 6) is 1.60. The molecule has 1 aliphatic heterocycles. The van der Waals surface area contributed by atoms with Gasteiger partial charge >= 0.3 is 0 Å². The number of nitrogens with one attached hydrogen (secondary N) is 1. The van der Waals surface area contributed by atoms with E-state index in [0.29, 0.717) is 5.92 Å². The summed E-state index contributed by atoms with van der Waals surface area (Å²) in [7, 11) is 0. The van der Waals surface area contributed by atoms with Crippen LogP contribution >= 0.6 is 0 Å². The highest BCUT2D eigenvalue weighted by Crippen LogP contribution is 2.36. The minimum atomic E-state index is 0.122. The molecule has 0 saturated heterocycles. The maximum atomic E-state index is 6.16. The number of benzene rings is 1. The second-order valence-electron chi connectivity index (χ2n) is 5.75. The second-order valence-corrected chi connectivity index (χ2v) is 5.75. The summed E-state index contributed by atoms with van der Waals surface area (Å²) in [6.07, 6.45) is 5.88. The lowest BCUT2D eigenvalue weighted by atomic mass is 9.92. The quantitative estimate of drug-likeness (QED) is 0.834. The Morgan fingerprint density at radius 1 is 1.29 bits per heavy atom. The summed E-state index contributed by atoms with van der Waals surface area (Å²) in [5, 5.41) is 3.39. The standard InChI is InChI=1S/C19H27NO/c1-5-14(3)11-12-16-15(4)19(13-20-6-2)21-18-10-8-7-9-17(16)18/h7-12,14,19-20H,5-6,13H2,1-4H3/b12-11-. The molecule has 2 nitrogen and oxygen atoms in total. The van der Waals surface area contributed by atoms with Crippen LogP contribution < -0.4 is 10.1 Å². The van der Waals surface area contributed by atoms with E-state index in [9.17, 15) is 0 Å². The molecule has 2 heteroatoms. The molecule has 114 valence electrons. The molecule has 1 aromatic carbocycles. The smallest absolute Gasteiger partial charge is 0.133 e. The van der Waals surface area contributed by atoms with Crippen molar-refractivity contribution in [3.63, 3.8) is 0 Å². The van der Waals surface area contributed by atoms with Crippen LogP contribution in [0.25, 0.3) is 5.57 Å². The fourth-order valence-corrected chi connectivity index (χ4v) is 2.51. The molecule has 2 unspecified atom stereocenters. The largest absolute Gasteiger partial charge is 0.484 e. The number of fused-ring (bicyclic) bond motifs is 1. The van der Waals surface area contributed by atoms with Crippen LogP contribution in [-0.2, 0) is 0 Å². The molecule has 2 rings (SSSR count). The average Bonchev–Trinajstić information content (AvgIpc) is 2.51. The van der Waals surface area contributed by atoms with Crippen LogP contribution in [-0.4, -0.2) is 19.2 Å². The number of rotatable bonds is 6. The molecular formula is C19H27NO. The predicted molar refractivity (Wildman–Crippen MR) is 90.6 cm³/mol. The lowest BCUT2D eigenvalue weighted by Crippen LogP contribution is -2.34. The zero-order valence-corrected chi connectivity index (χ0v) is 13.6. The van der Waals surface area contributed by atoms with Crippen molar-refractivity contribution < 1.29 is 4.74 Å². The Morgan fingerprint density at radius 2 is 2.05 bits per heavy atom. The van der Waals surface area contributed by atoms with E-state index in [4.69, 9.17) is 4.74 Å². The van der Waals surface area contributed by atoms with Gasteiger partial charge in [-0.1, -0.05) is 57.5 Å². The summed E-state index contributed by atoms with van der Waals surface area (Å²) in [5.41, 5.74) is 3.84. The van der Waals surface area contributed by atoms with Gasteiger partial charge < -0.3 is 10.1 Å². The predicted octanol–water partition coefficient (Wildman–Crippen LogP) is 4.43. The van der Waals surface area contributed by atoms with Crippen molar-refractivity contribution in [1.29, 1.82) is 0 Å². The van der Waals surface area contributed by atoms with Crippen molar-refractivity contribution in [3.8, 4) is 5.75 Å². The van der Waals surface area contributed by atoms with Gasteiger partial charge in [0, 0.05) is 12.1 Å². The Kier molecular flexibility index (Phi) is 5.63. The first-order chi connectivity index (χ1) is 10.2. The highest BCUT2D eigenvalue weighted by molar-refractivity contribution is 5.81. The van der Waals surface area contributed by atoms with Gasteiger partial charge in [0.2, 0.25) is 0 Å². The van der Waals surface area contributed by atoms with E-state index < -0.39 is 0 Å². The lowest BCUT2D eigenvalue weighted by Gasteiger charge is -2.29. The third kappa shape index (κ3) is 3.76. The van der Waals surface area contributed by atoms with Gasteiger partial charge in [0.05, 0.1) is 0 Å². The van der Waals surface area contributed by atoms with Gasteiger partial charge in [-0.15, -0.1) is 0 Å². The molecule has 0 saturated carbocycles. The van der Waals surface area contributed by atoms with Crippen LogP contribution in [0.5, 0.6) is 5.75 Å². The van der Waals surface area contributed by atoms with E-state index in [2.05, 4.69) is 63.4 Å². The van der Waals surface area contributed by atoms with Gasteiger partial charge in [-0.2, -0.15) is 0 Å². The number of likely N-dealkylation sites (N-methyl/N-ethyl adjacent to an activating group) is 1. The molecule has 21 heavy (non-hydrogen) atoms. The second kappa shape index (κ2) is 7.46. The van der Waals surface area contributed by atoms with Crippen molar-refractivity contribution in [2.24, 2.45) is 5.92 Å². The van der Waals surface area contributed by atoms with Crippen molar-refractivity contribution in [2.75, 3.05) is 13.1 Å². The van der Waals surface area contributed by atoms with Gasteiger partial charge in [0.1, 0.15) is 11.9 Å². The highest BCUT2D eigenvalue weighted by atomic mass is 16.5. The maximum Gasteiger partial charge on any atom is 0.133 e. The van der Waals surface area contributed by atoms with E-state index in [0.717, 1.165) is 18.8 Å². The van der Waals surface area contributed by atoms with E-state index in [1.54, 1.807) is 0 Å². The number of hydrogen-bond acceptors (Lipinski definition) is 2. The van der Waals surface area contributed by atoms with Crippen molar-refractivity contribution in [3.05, 3.63) is 47.6 Å². The van der Waals surface area contributed by atoms with E-state index in [1.807, 2.05) is 6.07 Å². The first kappa shape index (κ1) is 15.8. The summed E-state index contributed by atoms with van der Waals surface area (Å²) >= 11 is 0. The topological polar surface area (TPSA) is 21.3 Å². The van der Waals surface area contributed by atoms with E-state index >= 15 is 0 Å². The summed E-state index contributed by atoms with van der Waals surface area (Å²) in [6, 6.07) is 8.34. The zero-order valence-electron chi connectivity index (χ0n) is 13.6. The molecule has 1 aromatic rings. The Bertz CT molecular complexity index is 530. The Labute approximate surface area is 128 Å².